The first-order chi connectivity index (χ1) is 15.6. The topological polar surface area (TPSA) is 90.1 Å². The first kappa shape index (κ1) is 22.9. The number of aromatic nitrogens is 4. The molecule has 172 valence electrons. The minimum atomic E-state index is -4.55. The van der Waals surface area contributed by atoms with Crippen molar-refractivity contribution in [3.05, 3.63) is 67.7 Å². The highest BCUT2D eigenvalue weighted by Gasteiger charge is 2.32. The van der Waals surface area contributed by atoms with Crippen molar-refractivity contribution in [2.45, 2.75) is 33.2 Å². The molecular formula is C21H17F3N4O3S2. The molecular weight excluding hydrogens is 477 g/mol. The number of thiazole rings is 2. The van der Waals surface area contributed by atoms with Crippen molar-refractivity contribution in [2.24, 2.45) is 0 Å². The molecule has 3 heterocycles. The molecule has 0 bridgehead atoms. The van der Waals surface area contributed by atoms with Crippen molar-refractivity contribution < 1.29 is 27.8 Å². The minimum Gasteiger partial charge on any atom is -0.488 e. The summed E-state index contributed by atoms with van der Waals surface area (Å²) >= 11 is 2.68. The smallest absolute Gasteiger partial charge is 0.416 e. The molecule has 0 atom stereocenters. The van der Waals surface area contributed by atoms with E-state index in [0.29, 0.717) is 10.7 Å². The molecule has 0 aliphatic rings. The zero-order valence-corrected chi connectivity index (χ0v) is 19.0. The Labute approximate surface area is 194 Å². The number of halogens is 3. The lowest BCUT2D eigenvalue weighted by Crippen LogP contribution is -2.06. The maximum atomic E-state index is 13.5. The number of carboxylic acids is 1. The second-order valence-electron chi connectivity index (χ2n) is 7.13. The average molecular weight is 495 g/mol. The summed E-state index contributed by atoms with van der Waals surface area (Å²) in [6.45, 7) is 4.00. The molecule has 0 radical (unpaired) electrons. The number of rotatable bonds is 7. The van der Waals surface area contributed by atoms with Crippen LogP contribution in [0.2, 0.25) is 0 Å². The molecule has 33 heavy (non-hydrogen) atoms. The summed E-state index contributed by atoms with van der Waals surface area (Å²) in [5.74, 6) is -1.01. The van der Waals surface area contributed by atoms with Gasteiger partial charge in [-0.15, -0.1) is 22.7 Å². The molecule has 4 rings (SSSR count). The van der Waals surface area contributed by atoms with Crippen LogP contribution in [0.1, 0.15) is 36.5 Å². The van der Waals surface area contributed by atoms with Crippen LogP contribution in [0.4, 0.5) is 13.2 Å². The van der Waals surface area contributed by atoms with E-state index in [9.17, 15) is 18.0 Å². The number of aromatic carboxylic acids is 1. The molecule has 12 heteroatoms. The predicted octanol–water partition coefficient (Wildman–Crippen LogP) is 5.42. The van der Waals surface area contributed by atoms with Gasteiger partial charge >= 0.3 is 12.1 Å². The van der Waals surface area contributed by atoms with Crippen LogP contribution in [0.3, 0.4) is 0 Å². The third-order valence-electron chi connectivity index (χ3n) is 4.63. The number of nitrogens with zero attached hydrogens (tertiary/aromatic N) is 4. The number of aryl methyl sites for hydroxylation is 2. The van der Waals surface area contributed by atoms with Crippen LogP contribution in [-0.2, 0) is 19.3 Å². The van der Waals surface area contributed by atoms with Gasteiger partial charge in [-0.25, -0.2) is 14.8 Å². The summed E-state index contributed by atoms with van der Waals surface area (Å²) in [4.78, 5) is 20.6. The summed E-state index contributed by atoms with van der Waals surface area (Å²) in [6, 6.07) is 3.52. The van der Waals surface area contributed by atoms with Gasteiger partial charge in [-0.05, 0) is 32.0 Å². The summed E-state index contributed by atoms with van der Waals surface area (Å²) in [7, 11) is 0. The van der Waals surface area contributed by atoms with Gasteiger partial charge in [0.25, 0.3) is 0 Å². The predicted molar refractivity (Wildman–Crippen MR) is 117 cm³/mol. The summed E-state index contributed by atoms with van der Waals surface area (Å²) in [5, 5.41) is 16.0. The monoisotopic (exact) mass is 494 g/mol. The molecule has 7 nitrogen and oxygen atoms in total. The van der Waals surface area contributed by atoms with Crippen LogP contribution in [0.15, 0.2) is 36.0 Å². The number of carbonyl (C=O) groups is 1. The number of benzene rings is 1. The Kier molecular flexibility index (Phi) is 6.21. The van der Waals surface area contributed by atoms with Gasteiger partial charge in [0, 0.05) is 17.1 Å². The van der Waals surface area contributed by atoms with Gasteiger partial charge in [-0.3, -0.25) is 4.68 Å². The molecule has 0 saturated heterocycles. The quantitative estimate of drug-likeness (QED) is 0.369. The SMILES string of the molecule is Cc1nc(C)c(COc2cc(-c3csc(Cn4cc(C(=O)O)cn4)n3)cc(C(F)(F)F)c2)s1. The zero-order chi connectivity index (χ0) is 23.8. The van der Waals surface area contributed by atoms with Crippen LogP contribution < -0.4 is 4.74 Å². The fraction of sp³-hybridized carbons (Fsp3) is 0.238. The van der Waals surface area contributed by atoms with Crippen LogP contribution in [0.5, 0.6) is 5.75 Å². The molecule has 0 aliphatic carbocycles. The van der Waals surface area contributed by atoms with Gasteiger partial charge < -0.3 is 9.84 Å². The summed E-state index contributed by atoms with van der Waals surface area (Å²) in [5.41, 5.74) is 0.629. The lowest BCUT2D eigenvalue weighted by atomic mass is 10.1. The number of alkyl halides is 3. The molecule has 0 aliphatic heterocycles. The van der Waals surface area contributed by atoms with Gasteiger partial charge in [-0.2, -0.15) is 18.3 Å². The summed E-state index contributed by atoms with van der Waals surface area (Å²) < 4.78 is 47.6. The standard InChI is InChI=1S/C21H17F3N4O3S2/c1-11-18(33-12(2)26-11)9-31-16-4-13(3-15(5-16)21(22,23)24)17-10-32-19(27-17)8-28-7-14(6-25-28)20(29)30/h3-7,10H,8-9H2,1-2H3,(H,29,30). The Morgan fingerprint density at radius 3 is 2.64 bits per heavy atom. The average Bonchev–Trinajstić information content (AvgIpc) is 3.46. The number of ether oxygens (including phenoxy) is 1. The lowest BCUT2D eigenvalue weighted by molar-refractivity contribution is -0.137. The molecule has 1 aromatic carbocycles. The van der Waals surface area contributed by atoms with Crippen molar-refractivity contribution in [3.8, 4) is 17.0 Å². The highest BCUT2D eigenvalue weighted by Crippen LogP contribution is 2.36. The van der Waals surface area contributed by atoms with E-state index in [2.05, 4.69) is 15.1 Å². The maximum absolute atomic E-state index is 13.5. The van der Waals surface area contributed by atoms with Crippen LogP contribution in [0.25, 0.3) is 11.3 Å². The van der Waals surface area contributed by atoms with E-state index in [4.69, 9.17) is 9.84 Å². The van der Waals surface area contributed by atoms with Crippen LogP contribution in [-0.4, -0.2) is 30.8 Å². The molecule has 1 N–H and O–H groups in total. The third kappa shape index (κ3) is 5.40. The zero-order valence-electron chi connectivity index (χ0n) is 17.4. The first-order valence-corrected chi connectivity index (χ1v) is 11.3. The second-order valence-corrected chi connectivity index (χ2v) is 9.36. The molecule has 4 aromatic rings. The van der Waals surface area contributed by atoms with Gasteiger partial charge in [0.15, 0.2) is 0 Å². The van der Waals surface area contributed by atoms with Crippen molar-refractivity contribution in [2.75, 3.05) is 0 Å². The Morgan fingerprint density at radius 2 is 2.00 bits per heavy atom. The van der Waals surface area contributed by atoms with Gasteiger partial charge in [0.1, 0.15) is 17.4 Å². The van der Waals surface area contributed by atoms with E-state index < -0.39 is 17.7 Å². The number of hydrogen-bond donors (Lipinski definition) is 1. The molecule has 0 unspecified atom stereocenters. The Bertz CT molecular complexity index is 1310. The van der Waals surface area contributed by atoms with Gasteiger partial charge in [0.2, 0.25) is 0 Å². The Hall–Kier alpha value is -3.25. The lowest BCUT2D eigenvalue weighted by Gasteiger charge is -2.12. The fourth-order valence-corrected chi connectivity index (χ4v) is 4.71. The van der Waals surface area contributed by atoms with Crippen molar-refractivity contribution >= 4 is 28.6 Å². The van der Waals surface area contributed by atoms with Crippen molar-refractivity contribution in [1.82, 2.24) is 19.7 Å². The third-order valence-corrected chi connectivity index (χ3v) is 6.51. The van der Waals surface area contributed by atoms with Gasteiger partial charge in [0.05, 0.1) is 45.1 Å². The van der Waals surface area contributed by atoms with E-state index in [0.717, 1.165) is 27.7 Å². The molecule has 0 fully saturated rings. The van der Waals surface area contributed by atoms with Crippen LogP contribution in [0, 0.1) is 13.8 Å². The van der Waals surface area contributed by atoms with E-state index >= 15 is 0 Å². The number of hydrogen-bond acceptors (Lipinski definition) is 7. The number of carboxylic acid groups (broad SMARTS) is 1. The summed E-state index contributed by atoms with van der Waals surface area (Å²) in [6.07, 6.45) is -1.96. The fourth-order valence-electron chi connectivity index (χ4n) is 3.07. The van der Waals surface area contributed by atoms with Crippen LogP contribution >= 0.6 is 22.7 Å². The molecule has 3 aromatic heterocycles. The van der Waals surface area contributed by atoms with E-state index in [-0.39, 0.29) is 30.0 Å². The van der Waals surface area contributed by atoms with Crippen molar-refractivity contribution in [1.29, 1.82) is 0 Å². The normalized spacial score (nSPS) is 11.7. The van der Waals surface area contributed by atoms with E-state index in [1.807, 2.05) is 13.8 Å². The molecule has 0 spiro atoms. The highest BCUT2D eigenvalue weighted by molar-refractivity contribution is 7.11. The van der Waals surface area contributed by atoms with E-state index in [1.54, 1.807) is 5.38 Å². The van der Waals surface area contributed by atoms with E-state index in [1.165, 1.54) is 45.8 Å². The van der Waals surface area contributed by atoms with Crippen molar-refractivity contribution in [3.63, 3.8) is 0 Å². The molecule has 0 amide bonds. The molecule has 0 saturated carbocycles. The largest absolute Gasteiger partial charge is 0.488 e. The minimum absolute atomic E-state index is 0.0396. The maximum Gasteiger partial charge on any atom is 0.416 e. The first-order valence-electron chi connectivity index (χ1n) is 9.57. The second kappa shape index (κ2) is 8.94. The Morgan fingerprint density at radius 1 is 1.21 bits per heavy atom. The Balaban J connectivity index is 1.59. The highest BCUT2D eigenvalue weighted by atomic mass is 32.1. The van der Waals surface area contributed by atoms with Gasteiger partial charge in [-0.1, -0.05) is 0 Å².